The van der Waals surface area contributed by atoms with Crippen LogP contribution in [0.1, 0.15) is 20.8 Å². The van der Waals surface area contributed by atoms with Crippen LogP contribution in [0.4, 0.5) is 23.7 Å². The molecule has 0 saturated heterocycles. The zero-order valence-corrected chi connectivity index (χ0v) is 12.7. The molecule has 0 aromatic carbocycles. The van der Waals surface area contributed by atoms with Crippen LogP contribution in [0.2, 0.25) is 0 Å². The number of anilines is 1. The van der Waals surface area contributed by atoms with Gasteiger partial charge in [-0.2, -0.15) is 13.2 Å². The largest absolute Gasteiger partial charge is 0.443 e. The van der Waals surface area contributed by atoms with Crippen molar-refractivity contribution in [3.05, 3.63) is 22.9 Å². The van der Waals surface area contributed by atoms with Crippen LogP contribution in [-0.4, -0.2) is 29.4 Å². The predicted octanol–water partition coefficient (Wildman–Crippen LogP) is 4.15. The molecule has 0 radical (unpaired) electrons. The molecule has 1 amide bonds. The first-order chi connectivity index (χ1) is 8.98. The minimum atomic E-state index is -4.54. The summed E-state index contributed by atoms with van der Waals surface area (Å²) < 4.78 is 43.3. The van der Waals surface area contributed by atoms with Gasteiger partial charge in [0.05, 0.1) is 11.9 Å². The SMILES string of the molecule is CC(C)(C)OC(=O)N(CC(F)(F)F)c1cncc(Br)c1. The van der Waals surface area contributed by atoms with Crippen molar-refractivity contribution in [2.45, 2.75) is 32.5 Å². The lowest BCUT2D eigenvalue weighted by molar-refractivity contribution is -0.119. The van der Waals surface area contributed by atoms with Crippen molar-refractivity contribution in [1.29, 1.82) is 0 Å². The van der Waals surface area contributed by atoms with Crippen molar-refractivity contribution in [3.63, 3.8) is 0 Å². The van der Waals surface area contributed by atoms with E-state index < -0.39 is 24.4 Å². The number of aromatic nitrogens is 1. The maximum absolute atomic E-state index is 12.6. The Balaban J connectivity index is 3.06. The Morgan fingerprint density at radius 1 is 1.35 bits per heavy atom. The minimum absolute atomic E-state index is 0.00551. The number of ether oxygens (including phenoxy) is 1. The zero-order chi connectivity index (χ0) is 15.6. The fourth-order valence-electron chi connectivity index (χ4n) is 1.31. The summed E-state index contributed by atoms with van der Waals surface area (Å²) in [5.41, 5.74) is -0.883. The van der Waals surface area contributed by atoms with Crippen LogP contribution in [0, 0.1) is 0 Å². The Morgan fingerprint density at radius 2 is 1.95 bits per heavy atom. The van der Waals surface area contributed by atoms with E-state index in [0.29, 0.717) is 9.37 Å². The van der Waals surface area contributed by atoms with Gasteiger partial charge in [-0.15, -0.1) is 0 Å². The maximum atomic E-state index is 12.6. The molecule has 0 saturated carbocycles. The van der Waals surface area contributed by atoms with Gasteiger partial charge in [0, 0.05) is 10.7 Å². The van der Waals surface area contributed by atoms with Crippen LogP contribution in [0.3, 0.4) is 0 Å². The number of halogens is 4. The summed E-state index contributed by atoms with van der Waals surface area (Å²) in [7, 11) is 0. The molecule has 1 rings (SSSR count). The smallest absolute Gasteiger partial charge is 0.415 e. The van der Waals surface area contributed by atoms with E-state index in [-0.39, 0.29) is 5.69 Å². The monoisotopic (exact) mass is 354 g/mol. The number of alkyl halides is 3. The number of pyridine rings is 1. The van der Waals surface area contributed by atoms with Crippen LogP contribution in [0.25, 0.3) is 0 Å². The third kappa shape index (κ3) is 5.77. The molecule has 8 heteroatoms. The maximum Gasteiger partial charge on any atom is 0.415 e. The molecule has 0 spiro atoms. The summed E-state index contributed by atoms with van der Waals surface area (Å²) in [6.45, 7) is 3.29. The van der Waals surface area contributed by atoms with Gasteiger partial charge in [0.25, 0.3) is 0 Å². The summed E-state index contributed by atoms with van der Waals surface area (Å²) >= 11 is 3.10. The van der Waals surface area contributed by atoms with Crippen molar-refractivity contribution in [2.75, 3.05) is 11.4 Å². The molecule has 0 aliphatic carbocycles. The molecule has 0 N–H and O–H groups in total. The molecule has 0 aliphatic rings. The Kier molecular flexibility index (Phi) is 5.01. The highest BCUT2D eigenvalue weighted by atomic mass is 79.9. The van der Waals surface area contributed by atoms with Gasteiger partial charge in [-0.25, -0.2) is 4.79 Å². The lowest BCUT2D eigenvalue weighted by atomic mass is 10.2. The number of hydrogen-bond donors (Lipinski definition) is 0. The van der Waals surface area contributed by atoms with E-state index in [1.807, 2.05) is 0 Å². The summed E-state index contributed by atoms with van der Waals surface area (Å²) in [6.07, 6.45) is -3.04. The third-order valence-corrected chi connectivity index (χ3v) is 2.39. The lowest BCUT2D eigenvalue weighted by Gasteiger charge is -2.27. The van der Waals surface area contributed by atoms with Crippen molar-refractivity contribution < 1.29 is 22.7 Å². The third-order valence-electron chi connectivity index (χ3n) is 1.95. The topological polar surface area (TPSA) is 42.4 Å². The number of nitrogens with zero attached hydrogens (tertiary/aromatic N) is 2. The molecule has 1 aromatic heterocycles. The van der Waals surface area contributed by atoms with Gasteiger partial charge in [-0.05, 0) is 42.8 Å². The van der Waals surface area contributed by atoms with Crippen molar-refractivity contribution >= 4 is 27.7 Å². The normalized spacial score (nSPS) is 12.2. The second kappa shape index (κ2) is 5.99. The van der Waals surface area contributed by atoms with E-state index in [9.17, 15) is 18.0 Å². The van der Waals surface area contributed by atoms with Gasteiger partial charge < -0.3 is 4.74 Å². The number of amides is 1. The second-order valence-electron chi connectivity index (χ2n) is 5.04. The molecular formula is C12H14BrF3N2O2. The van der Waals surface area contributed by atoms with Crippen LogP contribution < -0.4 is 4.90 Å². The number of rotatable bonds is 2. The standard InChI is InChI=1S/C12H14BrF3N2O2/c1-11(2,3)20-10(19)18(7-12(14,15)16)9-4-8(13)5-17-6-9/h4-6H,7H2,1-3H3. The van der Waals surface area contributed by atoms with E-state index in [0.717, 1.165) is 0 Å². The van der Waals surface area contributed by atoms with Crippen LogP contribution >= 0.6 is 15.9 Å². The van der Waals surface area contributed by atoms with E-state index >= 15 is 0 Å². The second-order valence-corrected chi connectivity index (χ2v) is 5.96. The summed E-state index contributed by atoms with van der Waals surface area (Å²) in [6, 6.07) is 1.36. The average molecular weight is 355 g/mol. The molecule has 0 aliphatic heterocycles. The number of carbonyl (C=O) groups excluding carboxylic acids is 1. The van der Waals surface area contributed by atoms with E-state index in [1.165, 1.54) is 18.5 Å². The molecular weight excluding hydrogens is 341 g/mol. The molecule has 1 heterocycles. The fourth-order valence-corrected chi connectivity index (χ4v) is 1.66. The van der Waals surface area contributed by atoms with Crippen molar-refractivity contribution in [3.8, 4) is 0 Å². The predicted molar refractivity (Wildman–Crippen MR) is 71.6 cm³/mol. The molecule has 0 unspecified atom stereocenters. The molecule has 20 heavy (non-hydrogen) atoms. The first kappa shape index (κ1) is 16.7. The molecule has 4 nitrogen and oxygen atoms in total. The van der Waals surface area contributed by atoms with Gasteiger partial charge >= 0.3 is 12.3 Å². The summed E-state index contributed by atoms with van der Waals surface area (Å²) in [5, 5.41) is 0. The summed E-state index contributed by atoms with van der Waals surface area (Å²) in [5.74, 6) is 0. The average Bonchev–Trinajstić information content (AvgIpc) is 2.22. The first-order valence-electron chi connectivity index (χ1n) is 5.66. The molecule has 0 fully saturated rings. The van der Waals surface area contributed by atoms with Crippen molar-refractivity contribution in [1.82, 2.24) is 4.98 Å². The Hall–Kier alpha value is -1.31. The summed E-state index contributed by atoms with van der Waals surface area (Å²) in [4.78, 5) is 16.2. The Morgan fingerprint density at radius 3 is 2.40 bits per heavy atom. The van der Waals surface area contributed by atoms with Crippen LogP contribution in [0.15, 0.2) is 22.9 Å². The number of carbonyl (C=O) groups is 1. The molecule has 112 valence electrons. The van der Waals surface area contributed by atoms with E-state index in [1.54, 1.807) is 20.8 Å². The van der Waals surface area contributed by atoms with E-state index in [2.05, 4.69) is 20.9 Å². The molecule has 0 bridgehead atoms. The van der Waals surface area contributed by atoms with Gasteiger partial charge in [0.15, 0.2) is 0 Å². The molecule has 0 atom stereocenters. The van der Waals surface area contributed by atoms with E-state index in [4.69, 9.17) is 4.74 Å². The minimum Gasteiger partial charge on any atom is -0.443 e. The van der Waals surface area contributed by atoms with Crippen LogP contribution in [0.5, 0.6) is 0 Å². The van der Waals surface area contributed by atoms with Gasteiger partial charge in [-0.3, -0.25) is 9.88 Å². The van der Waals surface area contributed by atoms with Gasteiger partial charge in [0.2, 0.25) is 0 Å². The molecule has 1 aromatic rings. The van der Waals surface area contributed by atoms with Gasteiger partial charge in [0.1, 0.15) is 12.1 Å². The Bertz CT molecular complexity index is 486. The fraction of sp³-hybridized carbons (Fsp3) is 0.500. The van der Waals surface area contributed by atoms with Gasteiger partial charge in [-0.1, -0.05) is 0 Å². The Labute approximate surface area is 123 Å². The quantitative estimate of drug-likeness (QED) is 0.801. The van der Waals surface area contributed by atoms with Crippen LogP contribution in [-0.2, 0) is 4.74 Å². The highest BCUT2D eigenvalue weighted by Crippen LogP contribution is 2.25. The highest BCUT2D eigenvalue weighted by molar-refractivity contribution is 9.10. The lowest BCUT2D eigenvalue weighted by Crippen LogP contribution is -2.42. The highest BCUT2D eigenvalue weighted by Gasteiger charge is 2.36. The zero-order valence-electron chi connectivity index (χ0n) is 11.2. The first-order valence-corrected chi connectivity index (χ1v) is 6.45. The van der Waals surface area contributed by atoms with Crippen molar-refractivity contribution in [2.24, 2.45) is 0 Å². The number of hydrogen-bond acceptors (Lipinski definition) is 3.